The summed E-state index contributed by atoms with van der Waals surface area (Å²) in [6.45, 7) is -0.270. The molecule has 1 aliphatic heterocycles. The molecule has 0 radical (unpaired) electrons. The SMILES string of the molecule is O=c1ccn(C2C[C@H](O)[C@](CO)(C3CC3)O2)c(=O)[nH]1. The van der Waals surface area contributed by atoms with Gasteiger partial charge in [-0.15, -0.1) is 0 Å². The molecule has 3 atom stereocenters. The molecule has 1 saturated carbocycles. The number of aliphatic hydroxyl groups excluding tert-OH is 2. The third-order valence-corrected chi connectivity index (χ3v) is 4.02. The predicted molar refractivity (Wildman–Crippen MR) is 64.6 cm³/mol. The van der Waals surface area contributed by atoms with E-state index in [9.17, 15) is 19.8 Å². The van der Waals surface area contributed by atoms with E-state index in [2.05, 4.69) is 4.98 Å². The number of ether oxygens (including phenoxy) is 1. The molecule has 2 fully saturated rings. The molecule has 0 aromatic carbocycles. The molecule has 2 heterocycles. The quantitative estimate of drug-likeness (QED) is 0.649. The van der Waals surface area contributed by atoms with E-state index in [-0.39, 0.29) is 18.9 Å². The Morgan fingerprint density at radius 1 is 1.47 bits per heavy atom. The van der Waals surface area contributed by atoms with Crippen LogP contribution in [0, 0.1) is 5.92 Å². The second kappa shape index (κ2) is 4.29. The summed E-state index contributed by atoms with van der Waals surface area (Å²) in [6, 6.07) is 1.23. The van der Waals surface area contributed by atoms with Gasteiger partial charge in [-0.2, -0.15) is 0 Å². The van der Waals surface area contributed by atoms with Crippen LogP contribution < -0.4 is 11.2 Å². The minimum absolute atomic E-state index is 0.135. The Hall–Kier alpha value is -1.44. The summed E-state index contributed by atoms with van der Waals surface area (Å²) in [7, 11) is 0. The molecule has 1 aromatic heterocycles. The lowest BCUT2D eigenvalue weighted by atomic mass is 9.92. The molecule has 1 aromatic rings. The van der Waals surface area contributed by atoms with Gasteiger partial charge >= 0.3 is 5.69 Å². The molecule has 19 heavy (non-hydrogen) atoms. The van der Waals surface area contributed by atoms with Crippen molar-refractivity contribution in [3.05, 3.63) is 33.1 Å². The van der Waals surface area contributed by atoms with Crippen molar-refractivity contribution in [2.75, 3.05) is 6.61 Å². The Bertz CT molecular complexity index is 590. The Morgan fingerprint density at radius 2 is 2.21 bits per heavy atom. The van der Waals surface area contributed by atoms with Crippen molar-refractivity contribution < 1.29 is 14.9 Å². The van der Waals surface area contributed by atoms with Crippen LogP contribution >= 0.6 is 0 Å². The van der Waals surface area contributed by atoms with E-state index in [1.807, 2.05) is 0 Å². The minimum Gasteiger partial charge on any atom is -0.393 e. The van der Waals surface area contributed by atoms with Crippen LogP contribution in [0.1, 0.15) is 25.5 Å². The fourth-order valence-corrected chi connectivity index (χ4v) is 2.81. The van der Waals surface area contributed by atoms with Gasteiger partial charge in [0.15, 0.2) is 0 Å². The highest BCUT2D eigenvalue weighted by Crippen LogP contribution is 2.50. The van der Waals surface area contributed by atoms with E-state index in [0.29, 0.717) is 0 Å². The van der Waals surface area contributed by atoms with Crippen LogP contribution in [0.5, 0.6) is 0 Å². The first-order chi connectivity index (χ1) is 9.06. The Balaban J connectivity index is 1.92. The third-order valence-electron chi connectivity index (χ3n) is 4.02. The molecule has 0 amide bonds. The summed E-state index contributed by atoms with van der Waals surface area (Å²) >= 11 is 0. The van der Waals surface area contributed by atoms with Crippen molar-refractivity contribution in [3.8, 4) is 0 Å². The standard InChI is InChI=1S/C12H16N2O5/c15-6-12(7-1-2-7)8(16)5-10(19-12)14-4-3-9(17)13-11(14)18/h3-4,7-8,10,15-16H,1-2,5-6H2,(H,13,17,18)/t8-,10?,12-/m0/s1. The molecule has 2 aliphatic rings. The summed E-state index contributed by atoms with van der Waals surface area (Å²) in [5.41, 5.74) is -2.02. The lowest BCUT2D eigenvalue weighted by Crippen LogP contribution is -2.45. The van der Waals surface area contributed by atoms with Crippen LogP contribution in [0.2, 0.25) is 0 Å². The lowest BCUT2D eigenvalue weighted by Gasteiger charge is -2.30. The summed E-state index contributed by atoms with van der Waals surface area (Å²) < 4.78 is 7.02. The molecular weight excluding hydrogens is 252 g/mol. The van der Waals surface area contributed by atoms with E-state index in [4.69, 9.17) is 4.74 Å². The largest absolute Gasteiger partial charge is 0.393 e. The average Bonchev–Trinajstić information content (AvgIpc) is 3.15. The Kier molecular flexibility index (Phi) is 2.84. The molecule has 1 unspecified atom stereocenters. The topological polar surface area (TPSA) is 105 Å². The van der Waals surface area contributed by atoms with E-state index in [0.717, 1.165) is 12.8 Å². The van der Waals surface area contributed by atoms with E-state index >= 15 is 0 Å². The molecule has 104 valence electrons. The van der Waals surface area contributed by atoms with E-state index < -0.39 is 29.2 Å². The van der Waals surface area contributed by atoms with Gasteiger partial charge in [-0.3, -0.25) is 14.3 Å². The van der Waals surface area contributed by atoms with Gasteiger partial charge in [0.25, 0.3) is 5.56 Å². The number of aliphatic hydroxyl groups is 2. The van der Waals surface area contributed by atoms with Gasteiger partial charge in [0, 0.05) is 18.7 Å². The Morgan fingerprint density at radius 3 is 2.79 bits per heavy atom. The summed E-state index contributed by atoms with van der Waals surface area (Å²) in [5.74, 6) is 0.135. The number of hydrogen-bond acceptors (Lipinski definition) is 5. The zero-order chi connectivity index (χ0) is 13.6. The smallest absolute Gasteiger partial charge is 0.330 e. The van der Waals surface area contributed by atoms with Crippen molar-refractivity contribution in [1.29, 1.82) is 0 Å². The fourth-order valence-electron chi connectivity index (χ4n) is 2.81. The first-order valence-corrected chi connectivity index (χ1v) is 6.35. The van der Waals surface area contributed by atoms with Crippen LogP contribution in [-0.4, -0.2) is 38.1 Å². The maximum atomic E-state index is 11.7. The molecule has 0 bridgehead atoms. The maximum absolute atomic E-state index is 11.7. The van der Waals surface area contributed by atoms with Crippen LogP contribution in [0.15, 0.2) is 21.9 Å². The number of rotatable bonds is 3. The van der Waals surface area contributed by atoms with Crippen molar-refractivity contribution in [3.63, 3.8) is 0 Å². The number of aromatic amines is 1. The van der Waals surface area contributed by atoms with E-state index in [1.165, 1.54) is 16.8 Å². The lowest BCUT2D eigenvalue weighted by molar-refractivity contribution is -0.141. The molecule has 1 saturated heterocycles. The number of nitrogens with one attached hydrogen (secondary N) is 1. The molecule has 0 spiro atoms. The second-order valence-corrected chi connectivity index (χ2v) is 5.23. The van der Waals surface area contributed by atoms with Crippen molar-refractivity contribution >= 4 is 0 Å². The minimum atomic E-state index is -0.972. The third kappa shape index (κ3) is 1.94. The first-order valence-electron chi connectivity index (χ1n) is 6.35. The molecule has 3 N–H and O–H groups in total. The van der Waals surface area contributed by atoms with Gasteiger partial charge < -0.3 is 14.9 Å². The number of aromatic nitrogens is 2. The first kappa shape index (κ1) is 12.6. The molecule has 1 aliphatic carbocycles. The molecule has 3 rings (SSSR count). The molecule has 7 heteroatoms. The van der Waals surface area contributed by atoms with E-state index in [1.54, 1.807) is 0 Å². The van der Waals surface area contributed by atoms with Gasteiger partial charge in [-0.25, -0.2) is 4.79 Å². The summed E-state index contributed by atoms with van der Waals surface area (Å²) in [4.78, 5) is 24.9. The Labute approximate surface area is 108 Å². The van der Waals surface area contributed by atoms with Gasteiger partial charge in [0.1, 0.15) is 11.8 Å². The average molecular weight is 268 g/mol. The number of nitrogens with zero attached hydrogens (tertiary/aromatic N) is 1. The van der Waals surface area contributed by atoms with Crippen LogP contribution in [0.3, 0.4) is 0 Å². The maximum Gasteiger partial charge on any atom is 0.330 e. The molecular formula is C12H16N2O5. The fraction of sp³-hybridized carbons (Fsp3) is 0.667. The zero-order valence-corrected chi connectivity index (χ0v) is 10.3. The highest BCUT2D eigenvalue weighted by molar-refractivity contribution is 5.05. The van der Waals surface area contributed by atoms with Crippen LogP contribution in [-0.2, 0) is 4.74 Å². The molecule has 7 nitrogen and oxygen atoms in total. The summed E-state index contributed by atoms with van der Waals surface area (Å²) in [6.07, 6.45) is 1.92. The van der Waals surface area contributed by atoms with Crippen molar-refractivity contribution in [2.45, 2.75) is 37.2 Å². The predicted octanol–water partition coefficient (Wildman–Crippen LogP) is -1.04. The van der Waals surface area contributed by atoms with Gasteiger partial charge in [-0.1, -0.05) is 0 Å². The van der Waals surface area contributed by atoms with Gasteiger partial charge in [-0.05, 0) is 18.8 Å². The van der Waals surface area contributed by atoms with Gasteiger partial charge in [0.05, 0.1) is 12.7 Å². The van der Waals surface area contributed by atoms with Crippen molar-refractivity contribution in [2.24, 2.45) is 5.92 Å². The van der Waals surface area contributed by atoms with Crippen LogP contribution in [0.4, 0.5) is 0 Å². The normalized spacial score (nSPS) is 34.6. The second-order valence-electron chi connectivity index (χ2n) is 5.23. The van der Waals surface area contributed by atoms with Gasteiger partial charge in [0.2, 0.25) is 0 Å². The zero-order valence-electron chi connectivity index (χ0n) is 10.3. The van der Waals surface area contributed by atoms with Crippen molar-refractivity contribution in [1.82, 2.24) is 9.55 Å². The number of H-pyrrole nitrogens is 1. The summed E-state index contributed by atoms with van der Waals surface area (Å²) in [5, 5.41) is 19.7. The highest BCUT2D eigenvalue weighted by Gasteiger charge is 2.57. The monoisotopic (exact) mass is 268 g/mol. The number of hydrogen-bond donors (Lipinski definition) is 3. The highest BCUT2D eigenvalue weighted by atomic mass is 16.6. The van der Waals surface area contributed by atoms with Crippen LogP contribution in [0.25, 0.3) is 0 Å².